The fourth-order valence-electron chi connectivity index (χ4n) is 2.84. The van der Waals surface area contributed by atoms with Crippen LogP contribution in [0.3, 0.4) is 0 Å². The van der Waals surface area contributed by atoms with Gasteiger partial charge in [-0.15, -0.1) is 0 Å². The standard InChI is InChI=1S/C21H29N5O9/c1-10(18(31)26-15(21(34)35)9-16(23)28)24-20(33)14(8-11-2-4-12(27)5-3-11)25-19(32)13(22)6-7-17(29)30/h2-5,10,13-15,27H,6-9,22H2,1H3,(H2,23,28)(H,24,33)(H,25,32)(H,26,31)(H,29,30)(H,34,35). The Bertz CT molecular complexity index is 951. The van der Waals surface area contributed by atoms with Crippen LogP contribution in [0.1, 0.15) is 31.7 Å². The molecule has 35 heavy (non-hydrogen) atoms. The number of phenolic OH excluding ortho intramolecular Hbond substituents is 1. The van der Waals surface area contributed by atoms with Gasteiger partial charge in [-0.2, -0.15) is 0 Å². The van der Waals surface area contributed by atoms with Crippen LogP contribution >= 0.6 is 0 Å². The molecular formula is C21H29N5O9. The second-order valence-electron chi connectivity index (χ2n) is 7.77. The SMILES string of the molecule is CC(NC(=O)C(Cc1ccc(O)cc1)NC(=O)C(N)CCC(=O)O)C(=O)NC(CC(N)=O)C(=O)O. The van der Waals surface area contributed by atoms with Gasteiger partial charge in [-0.25, -0.2) is 4.79 Å². The van der Waals surface area contributed by atoms with Gasteiger partial charge in [0.2, 0.25) is 23.6 Å². The number of rotatable bonds is 14. The monoisotopic (exact) mass is 495 g/mol. The second-order valence-corrected chi connectivity index (χ2v) is 7.77. The predicted octanol–water partition coefficient (Wildman–Crippen LogP) is -2.44. The van der Waals surface area contributed by atoms with Crippen molar-refractivity contribution in [2.45, 2.75) is 56.8 Å². The Morgan fingerprint density at radius 1 is 0.886 bits per heavy atom. The van der Waals surface area contributed by atoms with Crippen LogP contribution in [0.5, 0.6) is 5.75 Å². The van der Waals surface area contributed by atoms with E-state index in [1.807, 2.05) is 0 Å². The van der Waals surface area contributed by atoms with Gasteiger partial charge in [0.1, 0.15) is 23.9 Å². The zero-order chi connectivity index (χ0) is 26.7. The molecule has 0 spiro atoms. The minimum absolute atomic E-state index is 0.0243. The van der Waals surface area contributed by atoms with Crippen LogP contribution in [-0.4, -0.2) is 75.1 Å². The molecule has 0 bridgehead atoms. The van der Waals surface area contributed by atoms with Gasteiger partial charge in [0.15, 0.2) is 0 Å². The summed E-state index contributed by atoms with van der Waals surface area (Å²) >= 11 is 0. The number of carboxylic acid groups (broad SMARTS) is 2. The van der Waals surface area contributed by atoms with Gasteiger partial charge in [0, 0.05) is 12.8 Å². The van der Waals surface area contributed by atoms with Crippen molar-refractivity contribution in [2.24, 2.45) is 11.5 Å². The van der Waals surface area contributed by atoms with E-state index in [1.165, 1.54) is 31.2 Å². The molecule has 1 aromatic carbocycles. The van der Waals surface area contributed by atoms with Crippen molar-refractivity contribution in [1.29, 1.82) is 0 Å². The molecule has 192 valence electrons. The number of aromatic hydroxyl groups is 1. The highest BCUT2D eigenvalue weighted by atomic mass is 16.4. The van der Waals surface area contributed by atoms with Crippen molar-refractivity contribution in [3.05, 3.63) is 29.8 Å². The van der Waals surface area contributed by atoms with E-state index in [2.05, 4.69) is 16.0 Å². The molecule has 0 heterocycles. The molecule has 0 saturated heterocycles. The van der Waals surface area contributed by atoms with E-state index >= 15 is 0 Å². The number of phenols is 1. The Labute approximate surface area is 200 Å². The summed E-state index contributed by atoms with van der Waals surface area (Å²) in [5.74, 6) is -6.16. The van der Waals surface area contributed by atoms with E-state index in [0.29, 0.717) is 5.56 Å². The highest BCUT2D eigenvalue weighted by molar-refractivity contribution is 5.94. The number of carbonyl (C=O) groups is 6. The fraction of sp³-hybridized carbons (Fsp3) is 0.429. The maximum Gasteiger partial charge on any atom is 0.326 e. The highest BCUT2D eigenvalue weighted by Crippen LogP contribution is 2.12. The molecule has 4 unspecified atom stereocenters. The molecule has 0 aliphatic heterocycles. The number of hydrogen-bond donors (Lipinski definition) is 8. The summed E-state index contributed by atoms with van der Waals surface area (Å²) in [5, 5.41) is 34.2. The van der Waals surface area contributed by atoms with Crippen LogP contribution in [0.4, 0.5) is 0 Å². The maximum absolute atomic E-state index is 12.9. The summed E-state index contributed by atoms with van der Waals surface area (Å²) in [7, 11) is 0. The summed E-state index contributed by atoms with van der Waals surface area (Å²) < 4.78 is 0. The van der Waals surface area contributed by atoms with Crippen LogP contribution in [0.25, 0.3) is 0 Å². The zero-order valence-electron chi connectivity index (χ0n) is 18.9. The van der Waals surface area contributed by atoms with E-state index in [1.54, 1.807) is 0 Å². The number of nitrogens with two attached hydrogens (primary N) is 2. The van der Waals surface area contributed by atoms with Crippen LogP contribution in [0, 0.1) is 0 Å². The number of aliphatic carboxylic acids is 2. The molecule has 10 N–H and O–H groups in total. The first kappa shape index (κ1) is 28.8. The van der Waals surface area contributed by atoms with E-state index in [4.69, 9.17) is 21.7 Å². The number of nitrogens with one attached hydrogen (secondary N) is 3. The van der Waals surface area contributed by atoms with E-state index in [-0.39, 0.29) is 25.0 Å². The molecule has 0 aromatic heterocycles. The molecule has 0 aliphatic rings. The topological polar surface area (TPSA) is 251 Å². The van der Waals surface area contributed by atoms with Crippen molar-refractivity contribution in [1.82, 2.24) is 16.0 Å². The maximum atomic E-state index is 12.9. The van der Waals surface area contributed by atoms with Crippen LogP contribution < -0.4 is 27.4 Å². The highest BCUT2D eigenvalue weighted by Gasteiger charge is 2.29. The largest absolute Gasteiger partial charge is 0.508 e. The fourth-order valence-corrected chi connectivity index (χ4v) is 2.84. The third kappa shape index (κ3) is 10.5. The van der Waals surface area contributed by atoms with E-state index < -0.39 is 66.2 Å². The van der Waals surface area contributed by atoms with Gasteiger partial charge in [0.05, 0.1) is 12.5 Å². The lowest BCUT2D eigenvalue weighted by atomic mass is 10.0. The lowest BCUT2D eigenvalue weighted by Gasteiger charge is -2.23. The summed E-state index contributed by atoms with van der Waals surface area (Å²) in [6, 6.07) is 0.409. The molecule has 0 saturated carbocycles. The van der Waals surface area contributed by atoms with Crippen molar-refractivity contribution in [3.63, 3.8) is 0 Å². The smallest absolute Gasteiger partial charge is 0.326 e. The second kappa shape index (κ2) is 13.5. The van der Waals surface area contributed by atoms with Gasteiger partial charge in [0.25, 0.3) is 0 Å². The molecule has 14 heteroatoms. The lowest BCUT2D eigenvalue weighted by molar-refractivity contribution is -0.143. The Hall–Kier alpha value is -4.20. The number of carbonyl (C=O) groups excluding carboxylic acids is 4. The normalized spacial score (nSPS) is 14.0. The minimum atomic E-state index is -1.60. The van der Waals surface area contributed by atoms with Gasteiger partial charge < -0.3 is 42.7 Å². The number of hydrogen-bond acceptors (Lipinski definition) is 8. The summed E-state index contributed by atoms with van der Waals surface area (Å²) in [5.41, 5.74) is 11.2. The minimum Gasteiger partial charge on any atom is -0.508 e. The molecule has 4 atom stereocenters. The molecule has 1 aromatic rings. The van der Waals surface area contributed by atoms with E-state index in [0.717, 1.165) is 0 Å². The predicted molar refractivity (Wildman–Crippen MR) is 120 cm³/mol. The van der Waals surface area contributed by atoms with E-state index in [9.17, 15) is 33.9 Å². The number of amides is 4. The number of carboxylic acids is 2. The Morgan fingerprint density at radius 3 is 1.97 bits per heavy atom. The van der Waals surface area contributed by atoms with Crippen LogP contribution in [0.2, 0.25) is 0 Å². The van der Waals surface area contributed by atoms with Crippen molar-refractivity contribution in [2.75, 3.05) is 0 Å². The number of benzene rings is 1. The first-order valence-corrected chi connectivity index (χ1v) is 10.5. The first-order chi connectivity index (χ1) is 16.3. The molecule has 1 rings (SSSR count). The summed E-state index contributed by atoms with van der Waals surface area (Å²) in [6.07, 6.45) is -1.27. The molecular weight excluding hydrogens is 466 g/mol. The quantitative estimate of drug-likeness (QED) is 0.135. The molecule has 0 radical (unpaired) electrons. The molecule has 4 amide bonds. The van der Waals surface area contributed by atoms with Gasteiger partial charge >= 0.3 is 11.9 Å². The number of primary amides is 1. The summed E-state index contributed by atoms with van der Waals surface area (Å²) in [4.78, 5) is 70.6. The average molecular weight is 495 g/mol. The Balaban J connectivity index is 2.94. The summed E-state index contributed by atoms with van der Waals surface area (Å²) in [6.45, 7) is 1.26. The lowest BCUT2D eigenvalue weighted by Crippen LogP contribution is -2.57. The van der Waals surface area contributed by atoms with Crippen molar-refractivity contribution in [3.8, 4) is 5.75 Å². The van der Waals surface area contributed by atoms with Gasteiger partial charge in [-0.1, -0.05) is 12.1 Å². The Morgan fingerprint density at radius 2 is 1.46 bits per heavy atom. The van der Waals surface area contributed by atoms with Crippen molar-refractivity contribution < 1.29 is 44.1 Å². The van der Waals surface area contributed by atoms with Gasteiger partial charge in [-0.3, -0.25) is 24.0 Å². The van der Waals surface area contributed by atoms with Gasteiger partial charge in [-0.05, 0) is 31.0 Å². The van der Waals surface area contributed by atoms with Crippen LogP contribution in [-0.2, 0) is 35.2 Å². The molecule has 14 nitrogen and oxygen atoms in total. The zero-order valence-corrected chi connectivity index (χ0v) is 18.9. The third-order valence-corrected chi connectivity index (χ3v) is 4.79. The third-order valence-electron chi connectivity index (χ3n) is 4.79. The average Bonchev–Trinajstić information content (AvgIpc) is 2.77. The van der Waals surface area contributed by atoms with Crippen LogP contribution in [0.15, 0.2) is 24.3 Å². The molecule has 0 fully saturated rings. The van der Waals surface area contributed by atoms with Crippen molar-refractivity contribution >= 4 is 35.6 Å². The Kier molecular flexibility index (Phi) is 11.1. The molecule has 0 aliphatic carbocycles. The first-order valence-electron chi connectivity index (χ1n) is 10.5.